The van der Waals surface area contributed by atoms with E-state index in [1.165, 1.54) is 5.56 Å². The lowest BCUT2D eigenvalue weighted by Crippen LogP contribution is -2.28. The first-order valence-corrected chi connectivity index (χ1v) is 10.6. The van der Waals surface area contributed by atoms with Gasteiger partial charge in [-0.3, -0.25) is 0 Å². The van der Waals surface area contributed by atoms with Crippen LogP contribution in [0.5, 0.6) is 5.75 Å². The average molecular weight is 373 g/mol. The highest BCUT2D eigenvalue weighted by Gasteiger charge is 2.20. The van der Waals surface area contributed by atoms with Gasteiger partial charge < -0.3 is 9.84 Å². The second-order valence-corrected chi connectivity index (χ2v) is 8.74. The van der Waals surface area contributed by atoms with Crippen LogP contribution in [-0.4, -0.2) is 26.7 Å². The summed E-state index contributed by atoms with van der Waals surface area (Å²) in [4.78, 5) is 0.271. The van der Waals surface area contributed by atoms with Crippen LogP contribution in [0.3, 0.4) is 0 Å². The molecule has 2 N–H and O–H groups in total. The Kier molecular flexibility index (Phi) is 4.73. The van der Waals surface area contributed by atoms with E-state index in [1.807, 2.05) is 18.2 Å². The molecule has 2 aromatic carbocycles. The predicted molar refractivity (Wildman–Crippen MR) is 98.9 cm³/mol. The summed E-state index contributed by atoms with van der Waals surface area (Å²) in [6.07, 6.45) is 4.13. The number of ether oxygens (including phenoxy) is 1. The van der Waals surface area contributed by atoms with Gasteiger partial charge in [-0.25, -0.2) is 13.1 Å². The zero-order chi connectivity index (χ0) is 18.1. The molecule has 4 rings (SSSR count). The molecule has 6 heteroatoms. The van der Waals surface area contributed by atoms with Crippen molar-refractivity contribution in [2.24, 2.45) is 0 Å². The van der Waals surface area contributed by atoms with Crippen molar-refractivity contribution in [3.8, 4) is 5.75 Å². The van der Waals surface area contributed by atoms with Crippen LogP contribution in [0.2, 0.25) is 0 Å². The molecule has 0 saturated carbocycles. The smallest absolute Gasteiger partial charge is 0.240 e. The largest absolute Gasteiger partial charge is 0.493 e. The molecule has 0 saturated heterocycles. The normalized spacial score (nSPS) is 17.3. The van der Waals surface area contributed by atoms with Crippen LogP contribution >= 0.6 is 0 Å². The second kappa shape index (κ2) is 7.02. The summed E-state index contributed by atoms with van der Waals surface area (Å²) >= 11 is 0. The molecule has 2 aromatic rings. The van der Waals surface area contributed by atoms with Gasteiger partial charge in [0.15, 0.2) is 0 Å². The van der Waals surface area contributed by atoms with Gasteiger partial charge in [0.2, 0.25) is 10.0 Å². The molecule has 2 aliphatic rings. The lowest BCUT2D eigenvalue weighted by atomic mass is 9.92. The van der Waals surface area contributed by atoms with Crippen LogP contribution < -0.4 is 9.46 Å². The lowest BCUT2D eigenvalue weighted by Gasteiger charge is -2.17. The molecule has 0 amide bonds. The van der Waals surface area contributed by atoms with Gasteiger partial charge in [0.05, 0.1) is 17.6 Å². The molecule has 1 atom stereocenters. The van der Waals surface area contributed by atoms with Crippen LogP contribution in [0.4, 0.5) is 0 Å². The number of hydrogen-bond acceptors (Lipinski definition) is 4. The van der Waals surface area contributed by atoms with Crippen LogP contribution in [0, 0.1) is 0 Å². The van der Waals surface area contributed by atoms with Gasteiger partial charge in [-0.1, -0.05) is 12.1 Å². The molecule has 1 aliphatic carbocycles. The zero-order valence-corrected chi connectivity index (χ0v) is 15.4. The summed E-state index contributed by atoms with van der Waals surface area (Å²) in [5.74, 6) is 0.843. The summed E-state index contributed by atoms with van der Waals surface area (Å²) < 4.78 is 33.2. The van der Waals surface area contributed by atoms with E-state index in [9.17, 15) is 13.5 Å². The number of fused-ring (bicyclic) bond motifs is 2. The Morgan fingerprint density at radius 3 is 2.65 bits per heavy atom. The molecular formula is C20H23NO4S. The number of sulfonamides is 1. The van der Waals surface area contributed by atoms with E-state index in [0.29, 0.717) is 12.2 Å². The molecule has 1 aliphatic heterocycles. The highest BCUT2D eigenvalue weighted by Crippen LogP contribution is 2.28. The molecular weight excluding hydrogens is 350 g/mol. The van der Waals surface area contributed by atoms with Gasteiger partial charge in [0.25, 0.3) is 0 Å². The van der Waals surface area contributed by atoms with Gasteiger partial charge in [-0.05, 0) is 72.2 Å². The number of benzene rings is 2. The summed E-state index contributed by atoms with van der Waals surface area (Å²) in [7, 11) is -3.64. The van der Waals surface area contributed by atoms with Crippen molar-refractivity contribution < 1.29 is 18.3 Å². The van der Waals surface area contributed by atoms with Gasteiger partial charge >= 0.3 is 0 Å². The number of rotatable bonds is 5. The van der Waals surface area contributed by atoms with Crippen molar-refractivity contribution >= 4 is 10.0 Å². The van der Waals surface area contributed by atoms with Crippen molar-refractivity contribution in [2.45, 2.75) is 43.1 Å². The highest BCUT2D eigenvalue weighted by atomic mass is 32.2. The Hall–Kier alpha value is -1.89. The molecule has 0 fully saturated rings. The molecule has 5 nitrogen and oxygen atoms in total. The van der Waals surface area contributed by atoms with E-state index in [2.05, 4.69) is 4.72 Å². The number of aryl methyl sites for hydroxylation is 2. The summed E-state index contributed by atoms with van der Waals surface area (Å²) in [5.41, 5.74) is 4.12. The second-order valence-electron chi connectivity index (χ2n) is 6.97. The number of aliphatic hydroxyl groups is 1. The first kappa shape index (κ1) is 17.5. The van der Waals surface area contributed by atoms with E-state index in [0.717, 1.165) is 49.0 Å². The fourth-order valence-electron chi connectivity index (χ4n) is 3.68. The Morgan fingerprint density at radius 1 is 1.00 bits per heavy atom. The van der Waals surface area contributed by atoms with Crippen LogP contribution in [0.1, 0.15) is 41.2 Å². The van der Waals surface area contributed by atoms with Crippen LogP contribution in [-0.2, 0) is 29.3 Å². The SMILES string of the molecule is O=S(=O)(NCC(O)c1ccc2c(c1)CCO2)c1ccc2c(c1)CCCC2. The average Bonchev–Trinajstić information content (AvgIpc) is 3.13. The van der Waals surface area contributed by atoms with E-state index in [-0.39, 0.29) is 11.4 Å². The molecule has 0 aromatic heterocycles. The minimum Gasteiger partial charge on any atom is -0.493 e. The maximum atomic E-state index is 12.6. The molecule has 0 bridgehead atoms. The van der Waals surface area contributed by atoms with Crippen molar-refractivity contribution in [3.05, 3.63) is 58.7 Å². The third kappa shape index (κ3) is 3.49. The van der Waals surface area contributed by atoms with Gasteiger partial charge in [0, 0.05) is 13.0 Å². The Bertz CT molecular complexity index is 923. The topological polar surface area (TPSA) is 75.6 Å². The maximum Gasteiger partial charge on any atom is 0.240 e. The van der Waals surface area contributed by atoms with E-state index >= 15 is 0 Å². The minimum absolute atomic E-state index is 0.0565. The third-order valence-electron chi connectivity index (χ3n) is 5.20. The summed E-state index contributed by atoms with van der Waals surface area (Å²) in [5, 5.41) is 10.4. The van der Waals surface area contributed by atoms with E-state index < -0.39 is 16.1 Å². The van der Waals surface area contributed by atoms with Gasteiger partial charge in [0.1, 0.15) is 5.75 Å². The standard InChI is InChI=1S/C20H23NO4S/c22-19(16-6-8-20-17(11-16)9-10-25-20)13-21-26(23,24)18-7-5-14-3-1-2-4-15(14)12-18/h5-8,11-12,19,21-22H,1-4,9-10,13H2. The summed E-state index contributed by atoms with van der Waals surface area (Å²) in [6, 6.07) is 10.8. The van der Waals surface area contributed by atoms with Crippen molar-refractivity contribution in [1.29, 1.82) is 0 Å². The monoisotopic (exact) mass is 373 g/mol. The molecule has 138 valence electrons. The number of nitrogens with one attached hydrogen (secondary N) is 1. The first-order chi connectivity index (χ1) is 12.5. The quantitative estimate of drug-likeness (QED) is 0.844. The van der Waals surface area contributed by atoms with Crippen molar-refractivity contribution in [1.82, 2.24) is 4.72 Å². The Morgan fingerprint density at radius 2 is 1.81 bits per heavy atom. The predicted octanol–water partition coefficient (Wildman–Crippen LogP) is 2.51. The fourth-order valence-corrected chi connectivity index (χ4v) is 4.77. The van der Waals surface area contributed by atoms with Gasteiger partial charge in [-0.15, -0.1) is 0 Å². The van der Waals surface area contributed by atoms with E-state index in [1.54, 1.807) is 18.2 Å². The highest BCUT2D eigenvalue weighted by molar-refractivity contribution is 7.89. The van der Waals surface area contributed by atoms with Crippen LogP contribution in [0.25, 0.3) is 0 Å². The lowest BCUT2D eigenvalue weighted by molar-refractivity contribution is 0.182. The minimum atomic E-state index is -3.64. The first-order valence-electron chi connectivity index (χ1n) is 9.08. The molecule has 1 unspecified atom stereocenters. The Balaban J connectivity index is 1.46. The molecule has 1 heterocycles. The van der Waals surface area contributed by atoms with Crippen molar-refractivity contribution in [2.75, 3.05) is 13.2 Å². The third-order valence-corrected chi connectivity index (χ3v) is 6.62. The molecule has 26 heavy (non-hydrogen) atoms. The van der Waals surface area contributed by atoms with Crippen molar-refractivity contribution in [3.63, 3.8) is 0 Å². The molecule has 0 radical (unpaired) electrons. The maximum absolute atomic E-state index is 12.6. The Labute approximate surface area is 154 Å². The fraction of sp³-hybridized carbons (Fsp3) is 0.400. The van der Waals surface area contributed by atoms with E-state index in [4.69, 9.17) is 4.74 Å². The molecule has 0 spiro atoms. The summed E-state index contributed by atoms with van der Waals surface area (Å²) in [6.45, 7) is 0.596. The zero-order valence-electron chi connectivity index (χ0n) is 14.6. The van der Waals surface area contributed by atoms with Crippen LogP contribution in [0.15, 0.2) is 41.3 Å². The van der Waals surface area contributed by atoms with Gasteiger partial charge in [-0.2, -0.15) is 0 Å². The number of hydrogen-bond donors (Lipinski definition) is 2. The number of aliphatic hydroxyl groups excluding tert-OH is 1.